The maximum atomic E-state index is 4.34. The van der Waals surface area contributed by atoms with Gasteiger partial charge in [0.05, 0.1) is 5.69 Å². The van der Waals surface area contributed by atoms with Crippen LogP contribution >= 0.6 is 0 Å². The topological polar surface area (TPSA) is 33.6 Å². The molecule has 0 radical (unpaired) electrons. The number of nitrogens with one attached hydrogen (secondary N) is 1. The minimum atomic E-state index is 0.939. The van der Waals surface area contributed by atoms with E-state index in [0.717, 1.165) is 11.0 Å². The van der Waals surface area contributed by atoms with Crippen molar-refractivity contribution in [3.05, 3.63) is 54.6 Å². The third-order valence-corrected chi connectivity index (χ3v) is 4.07. The quantitative estimate of drug-likeness (QED) is 0.734. The van der Waals surface area contributed by atoms with Crippen molar-refractivity contribution in [3.63, 3.8) is 0 Å². The molecule has 0 unspecified atom stereocenters. The molecule has 3 heteroatoms. The predicted octanol–water partition coefficient (Wildman–Crippen LogP) is 4.31. The molecule has 100 valence electrons. The van der Waals surface area contributed by atoms with Crippen LogP contribution in [0.5, 0.6) is 0 Å². The molecule has 0 amide bonds. The van der Waals surface area contributed by atoms with Crippen LogP contribution in [0.1, 0.15) is 31.2 Å². The van der Waals surface area contributed by atoms with E-state index in [0.29, 0.717) is 0 Å². The van der Waals surface area contributed by atoms with Crippen LogP contribution in [0.4, 0.5) is 0 Å². The Kier molecular flexibility index (Phi) is 2.69. The number of hydrogen-bond acceptors (Lipinski definition) is 1. The smallest absolute Gasteiger partial charge is 0.139 e. The molecule has 3 nitrogen and oxygen atoms in total. The molecular formula is C17H17N3. The van der Waals surface area contributed by atoms with Gasteiger partial charge in [0, 0.05) is 30.2 Å². The lowest BCUT2D eigenvalue weighted by Gasteiger charge is -2.11. The van der Waals surface area contributed by atoms with Crippen molar-refractivity contribution in [2.24, 2.45) is 0 Å². The Morgan fingerprint density at radius 2 is 2.15 bits per heavy atom. The summed E-state index contributed by atoms with van der Waals surface area (Å²) < 4.78 is 2.20. The van der Waals surface area contributed by atoms with E-state index in [2.05, 4.69) is 51.2 Å². The number of aromatic nitrogens is 3. The molecule has 3 aromatic heterocycles. The van der Waals surface area contributed by atoms with Crippen LogP contribution in [0, 0.1) is 0 Å². The van der Waals surface area contributed by atoms with Gasteiger partial charge in [-0.15, -0.1) is 0 Å². The van der Waals surface area contributed by atoms with E-state index in [1.165, 1.54) is 42.5 Å². The third kappa shape index (κ3) is 1.86. The summed E-state index contributed by atoms with van der Waals surface area (Å²) in [4.78, 5) is 7.51. The number of rotatable bonds is 2. The first-order valence-electron chi connectivity index (χ1n) is 7.22. The second kappa shape index (κ2) is 4.67. The van der Waals surface area contributed by atoms with E-state index < -0.39 is 0 Å². The Bertz CT molecular complexity index is 776. The van der Waals surface area contributed by atoms with Crippen molar-refractivity contribution >= 4 is 16.6 Å². The van der Waals surface area contributed by atoms with Gasteiger partial charge in [-0.1, -0.05) is 6.08 Å². The lowest BCUT2D eigenvalue weighted by molar-refractivity contribution is 0.742. The minimum absolute atomic E-state index is 0.939. The Morgan fingerprint density at radius 1 is 1.15 bits per heavy atom. The summed E-state index contributed by atoms with van der Waals surface area (Å²) in [7, 11) is 0. The standard InChI is InChI=1S/C17H17N3/c1-2-4-13(5-3-1)14-8-11-20(12-14)16-7-10-19-17-15(16)6-9-18-17/h4,6-12H,1-3,5H2,(H,18,19). The van der Waals surface area contributed by atoms with E-state index >= 15 is 0 Å². The molecule has 1 aliphatic carbocycles. The van der Waals surface area contributed by atoms with Crippen molar-refractivity contribution in [3.8, 4) is 5.69 Å². The first-order chi connectivity index (χ1) is 9.92. The van der Waals surface area contributed by atoms with Gasteiger partial charge in [0.1, 0.15) is 5.65 Å². The number of aromatic amines is 1. The minimum Gasteiger partial charge on any atom is -0.346 e. The van der Waals surface area contributed by atoms with Crippen molar-refractivity contribution < 1.29 is 0 Å². The monoisotopic (exact) mass is 263 g/mol. The number of allylic oxidation sites excluding steroid dienone is 2. The van der Waals surface area contributed by atoms with Gasteiger partial charge in [-0.05, 0) is 55.0 Å². The molecule has 1 aliphatic rings. The Hall–Kier alpha value is -2.29. The molecule has 4 rings (SSSR count). The maximum Gasteiger partial charge on any atom is 0.139 e. The Balaban J connectivity index is 1.78. The van der Waals surface area contributed by atoms with E-state index in [-0.39, 0.29) is 0 Å². The lowest BCUT2D eigenvalue weighted by Crippen LogP contribution is -1.93. The SMILES string of the molecule is C1=C(c2ccn(-c3ccnc4[nH]ccc34)c2)CCCC1. The van der Waals surface area contributed by atoms with Crippen LogP contribution in [0.15, 0.2) is 49.1 Å². The fourth-order valence-corrected chi connectivity index (χ4v) is 3.01. The van der Waals surface area contributed by atoms with Crippen LogP contribution in [0.25, 0.3) is 22.3 Å². The molecule has 0 fully saturated rings. The lowest BCUT2D eigenvalue weighted by atomic mass is 9.95. The van der Waals surface area contributed by atoms with E-state index in [9.17, 15) is 0 Å². The first-order valence-corrected chi connectivity index (χ1v) is 7.22. The van der Waals surface area contributed by atoms with Gasteiger partial charge in [0.2, 0.25) is 0 Å². The highest BCUT2D eigenvalue weighted by Crippen LogP contribution is 2.28. The number of H-pyrrole nitrogens is 1. The van der Waals surface area contributed by atoms with Crippen molar-refractivity contribution in [2.75, 3.05) is 0 Å². The molecule has 0 bridgehead atoms. The molecule has 0 aliphatic heterocycles. The van der Waals surface area contributed by atoms with Crippen LogP contribution in [0.3, 0.4) is 0 Å². The fourth-order valence-electron chi connectivity index (χ4n) is 3.01. The van der Waals surface area contributed by atoms with Gasteiger partial charge in [0.15, 0.2) is 0 Å². The highest BCUT2D eigenvalue weighted by Gasteiger charge is 2.09. The summed E-state index contributed by atoms with van der Waals surface area (Å²) in [5, 5.41) is 1.16. The molecule has 0 saturated carbocycles. The van der Waals surface area contributed by atoms with E-state index in [1.807, 2.05) is 12.4 Å². The largest absolute Gasteiger partial charge is 0.346 e. The number of fused-ring (bicyclic) bond motifs is 1. The molecule has 1 N–H and O–H groups in total. The van der Waals surface area contributed by atoms with Crippen LogP contribution in [0.2, 0.25) is 0 Å². The first kappa shape index (κ1) is 11.5. The van der Waals surface area contributed by atoms with E-state index in [1.54, 1.807) is 0 Å². The normalized spacial score (nSPS) is 15.5. The fraction of sp³-hybridized carbons (Fsp3) is 0.235. The molecule has 3 aromatic rings. The zero-order chi connectivity index (χ0) is 13.4. The van der Waals surface area contributed by atoms with Gasteiger partial charge in [-0.3, -0.25) is 0 Å². The van der Waals surface area contributed by atoms with Crippen LogP contribution < -0.4 is 0 Å². The average Bonchev–Trinajstić information content (AvgIpc) is 3.17. The number of pyridine rings is 1. The molecule has 0 aromatic carbocycles. The number of hydrogen-bond donors (Lipinski definition) is 1. The second-order valence-electron chi connectivity index (χ2n) is 5.35. The molecule has 20 heavy (non-hydrogen) atoms. The van der Waals surface area contributed by atoms with Crippen molar-refractivity contribution in [1.29, 1.82) is 0 Å². The van der Waals surface area contributed by atoms with E-state index in [4.69, 9.17) is 0 Å². The maximum absolute atomic E-state index is 4.34. The second-order valence-corrected chi connectivity index (χ2v) is 5.35. The summed E-state index contributed by atoms with van der Waals surface area (Å²) in [6.45, 7) is 0. The summed E-state index contributed by atoms with van der Waals surface area (Å²) >= 11 is 0. The summed E-state index contributed by atoms with van der Waals surface area (Å²) in [5.41, 5.74) is 4.97. The van der Waals surface area contributed by atoms with Crippen molar-refractivity contribution in [2.45, 2.75) is 25.7 Å². The molecule has 0 atom stereocenters. The molecule has 3 heterocycles. The molecule has 0 saturated heterocycles. The van der Waals surface area contributed by atoms with Gasteiger partial charge in [-0.25, -0.2) is 4.98 Å². The highest BCUT2D eigenvalue weighted by molar-refractivity contribution is 5.84. The van der Waals surface area contributed by atoms with Gasteiger partial charge in [-0.2, -0.15) is 0 Å². The Labute approximate surface area is 118 Å². The Morgan fingerprint density at radius 3 is 3.05 bits per heavy atom. The molecular weight excluding hydrogens is 246 g/mol. The summed E-state index contributed by atoms with van der Waals surface area (Å²) in [6.07, 6.45) is 15.6. The zero-order valence-corrected chi connectivity index (χ0v) is 11.3. The van der Waals surface area contributed by atoms with Crippen LogP contribution in [-0.4, -0.2) is 14.5 Å². The highest BCUT2D eigenvalue weighted by atomic mass is 15.0. The predicted molar refractivity (Wildman–Crippen MR) is 81.9 cm³/mol. The van der Waals surface area contributed by atoms with Crippen molar-refractivity contribution in [1.82, 2.24) is 14.5 Å². The summed E-state index contributed by atoms with van der Waals surface area (Å²) in [6, 6.07) is 6.36. The average molecular weight is 263 g/mol. The summed E-state index contributed by atoms with van der Waals surface area (Å²) in [5.74, 6) is 0. The van der Waals surface area contributed by atoms with Crippen LogP contribution in [-0.2, 0) is 0 Å². The zero-order valence-electron chi connectivity index (χ0n) is 11.3. The van der Waals surface area contributed by atoms with Gasteiger partial charge in [0.25, 0.3) is 0 Å². The van der Waals surface area contributed by atoms with Gasteiger partial charge >= 0.3 is 0 Å². The molecule has 0 spiro atoms. The van der Waals surface area contributed by atoms with Gasteiger partial charge < -0.3 is 9.55 Å². The number of nitrogens with zero attached hydrogens (tertiary/aromatic N) is 2. The third-order valence-electron chi connectivity index (χ3n) is 4.07.